The van der Waals surface area contributed by atoms with E-state index in [1.54, 1.807) is 0 Å². The van der Waals surface area contributed by atoms with Gasteiger partial charge in [0.25, 0.3) is 0 Å². The molecule has 2 atom stereocenters. The molecule has 0 bridgehead atoms. The average molecular weight is 170 g/mol. The summed E-state index contributed by atoms with van der Waals surface area (Å²) < 4.78 is 5.58. The Kier molecular flexibility index (Phi) is 2.37. The Morgan fingerprint density at radius 2 is 1.83 bits per heavy atom. The van der Waals surface area contributed by atoms with E-state index in [2.05, 4.69) is 0 Å². The summed E-state index contributed by atoms with van der Waals surface area (Å²) in [5.41, 5.74) is 0. The topological polar surface area (TPSA) is 29.5 Å². The van der Waals surface area contributed by atoms with Crippen LogP contribution in [0.4, 0.5) is 0 Å². The van der Waals surface area contributed by atoms with E-state index in [4.69, 9.17) is 4.74 Å². The Labute approximate surface area is 73.9 Å². The van der Waals surface area contributed by atoms with Gasteiger partial charge in [-0.1, -0.05) is 0 Å². The maximum absolute atomic E-state index is 9.87. The van der Waals surface area contributed by atoms with Gasteiger partial charge in [-0.15, -0.1) is 0 Å². The fraction of sp³-hybridized carbons (Fsp3) is 1.00. The maximum Gasteiger partial charge on any atom is 0.0864 e. The molecule has 0 spiro atoms. The van der Waals surface area contributed by atoms with Crippen molar-refractivity contribution in [2.24, 2.45) is 11.8 Å². The van der Waals surface area contributed by atoms with Crippen molar-refractivity contribution in [1.29, 1.82) is 0 Å². The highest BCUT2D eigenvalue weighted by molar-refractivity contribution is 4.93. The van der Waals surface area contributed by atoms with Crippen molar-refractivity contribution < 1.29 is 9.84 Å². The van der Waals surface area contributed by atoms with Gasteiger partial charge < -0.3 is 9.84 Å². The third-order valence-corrected chi connectivity index (χ3v) is 2.89. The predicted molar refractivity (Wildman–Crippen MR) is 46.9 cm³/mol. The summed E-state index contributed by atoms with van der Waals surface area (Å²) >= 11 is 0. The summed E-state index contributed by atoms with van der Waals surface area (Å²) in [6, 6.07) is 0. The zero-order chi connectivity index (χ0) is 8.55. The van der Waals surface area contributed by atoms with Crippen LogP contribution in [0, 0.1) is 11.8 Å². The van der Waals surface area contributed by atoms with E-state index < -0.39 is 0 Å². The standard InChI is InChI=1S/C10H18O2/c1-2-12-10(8-5-6-8)9(11)7-3-4-7/h7-11H,2-6H2,1H3. The van der Waals surface area contributed by atoms with Crippen LogP contribution in [0.5, 0.6) is 0 Å². The summed E-state index contributed by atoms with van der Waals surface area (Å²) in [5.74, 6) is 1.22. The van der Waals surface area contributed by atoms with E-state index in [0.29, 0.717) is 11.8 Å². The number of hydrogen-bond acceptors (Lipinski definition) is 2. The second-order valence-electron chi connectivity index (χ2n) is 4.09. The van der Waals surface area contributed by atoms with Crippen LogP contribution in [-0.4, -0.2) is 23.9 Å². The van der Waals surface area contributed by atoms with E-state index in [1.807, 2.05) is 6.92 Å². The minimum Gasteiger partial charge on any atom is -0.390 e. The van der Waals surface area contributed by atoms with Gasteiger partial charge in [0, 0.05) is 6.61 Å². The molecule has 0 aromatic carbocycles. The largest absolute Gasteiger partial charge is 0.390 e. The zero-order valence-corrected chi connectivity index (χ0v) is 7.70. The van der Waals surface area contributed by atoms with E-state index in [0.717, 1.165) is 6.61 Å². The maximum atomic E-state index is 9.87. The van der Waals surface area contributed by atoms with Gasteiger partial charge in [-0.05, 0) is 44.4 Å². The molecular formula is C10H18O2. The van der Waals surface area contributed by atoms with E-state index in [9.17, 15) is 5.11 Å². The van der Waals surface area contributed by atoms with Crippen molar-refractivity contribution in [3.05, 3.63) is 0 Å². The molecule has 2 saturated carbocycles. The first-order chi connectivity index (χ1) is 5.83. The first kappa shape index (κ1) is 8.52. The van der Waals surface area contributed by atoms with Gasteiger partial charge in [-0.2, -0.15) is 0 Å². The summed E-state index contributed by atoms with van der Waals surface area (Å²) in [7, 11) is 0. The number of aliphatic hydroxyl groups is 1. The van der Waals surface area contributed by atoms with Gasteiger partial charge in [0.05, 0.1) is 12.2 Å². The summed E-state index contributed by atoms with van der Waals surface area (Å²) in [5, 5.41) is 9.87. The molecule has 0 aromatic heterocycles. The van der Waals surface area contributed by atoms with Crippen LogP contribution in [0.15, 0.2) is 0 Å². The third kappa shape index (κ3) is 1.80. The normalized spacial score (nSPS) is 28.5. The molecule has 0 aromatic rings. The zero-order valence-electron chi connectivity index (χ0n) is 7.70. The highest BCUT2D eigenvalue weighted by Gasteiger charge is 2.43. The summed E-state index contributed by atoms with van der Waals surface area (Å²) in [4.78, 5) is 0. The molecule has 0 aliphatic heterocycles. The van der Waals surface area contributed by atoms with E-state index in [1.165, 1.54) is 25.7 Å². The Hall–Kier alpha value is -0.0800. The molecule has 0 radical (unpaired) electrons. The Bertz CT molecular complexity index is 150. The summed E-state index contributed by atoms with van der Waals surface area (Å²) in [6.45, 7) is 2.75. The quantitative estimate of drug-likeness (QED) is 0.678. The van der Waals surface area contributed by atoms with Crippen molar-refractivity contribution in [2.75, 3.05) is 6.61 Å². The SMILES string of the molecule is CCOC(C1CC1)C(O)C1CC1. The van der Waals surface area contributed by atoms with Gasteiger partial charge in [0.1, 0.15) is 0 Å². The van der Waals surface area contributed by atoms with Crippen LogP contribution in [0.3, 0.4) is 0 Å². The third-order valence-electron chi connectivity index (χ3n) is 2.89. The molecule has 2 heteroatoms. The first-order valence-corrected chi connectivity index (χ1v) is 5.12. The van der Waals surface area contributed by atoms with Gasteiger partial charge in [-0.25, -0.2) is 0 Å². The van der Waals surface area contributed by atoms with Gasteiger partial charge >= 0.3 is 0 Å². The number of hydrogen-bond donors (Lipinski definition) is 1. The Morgan fingerprint density at radius 1 is 1.25 bits per heavy atom. The Balaban J connectivity index is 1.84. The lowest BCUT2D eigenvalue weighted by atomic mass is 10.1. The number of rotatable bonds is 5. The van der Waals surface area contributed by atoms with E-state index >= 15 is 0 Å². The monoisotopic (exact) mass is 170 g/mol. The van der Waals surface area contributed by atoms with Crippen LogP contribution in [0.2, 0.25) is 0 Å². The predicted octanol–water partition coefficient (Wildman–Crippen LogP) is 1.57. The molecule has 0 heterocycles. The van der Waals surface area contributed by atoms with Crippen molar-refractivity contribution >= 4 is 0 Å². The highest BCUT2D eigenvalue weighted by atomic mass is 16.5. The van der Waals surface area contributed by atoms with Crippen molar-refractivity contribution in [2.45, 2.75) is 44.8 Å². The van der Waals surface area contributed by atoms with Crippen LogP contribution < -0.4 is 0 Å². The number of ether oxygens (including phenoxy) is 1. The molecule has 12 heavy (non-hydrogen) atoms. The fourth-order valence-corrected chi connectivity index (χ4v) is 1.84. The van der Waals surface area contributed by atoms with Crippen LogP contribution in [0.1, 0.15) is 32.6 Å². The van der Waals surface area contributed by atoms with Crippen molar-refractivity contribution in [3.63, 3.8) is 0 Å². The molecule has 2 fully saturated rings. The molecule has 2 aliphatic rings. The van der Waals surface area contributed by atoms with Crippen molar-refractivity contribution in [3.8, 4) is 0 Å². The number of aliphatic hydroxyl groups excluding tert-OH is 1. The van der Waals surface area contributed by atoms with Crippen LogP contribution in [-0.2, 0) is 4.74 Å². The van der Waals surface area contributed by atoms with Crippen LogP contribution in [0.25, 0.3) is 0 Å². The van der Waals surface area contributed by atoms with Crippen molar-refractivity contribution in [1.82, 2.24) is 0 Å². The van der Waals surface area contributed by atoms with Crippen LogP contribution >= 0.6 is 0 Å². The van der Waals surface area contributed by atoms with Gasteiger partial charge in [0.2, 0.25) is 0 Å². The van der Waals surface area contributed by atoms with Gasteiger partial charge in [0.15, 0.2) is 0 Å². The lowest BCUT2D eigenvalue weighted by Gasteiger charge is -2.22. The lowest BCUT2D eigenvalue weighted by Crippen LogP contribution is -2.32. The molecule has 2 aliphatic carbocycles. The van der Waals surface area contributed by atoms with E-state index in [-0.39, 0.29) is 12.2 Å². The molecule has 0 saturated heterocycles. The molecule has 1 N–H and O–H groups in total. The minimum absolute atomic E-state index is 0.155. The molecule has 0 amide bonds. The fourth-order valence-electron chi connectivity index (χ4n) is 1.84. The lowest BCUT2D eigenvalue weighted by molar-refractivity contribution is -0.0534. The molecule has 2 nitrogen and oxygen atoms in total. The molecule has 70 valence electrons. The van der Waals surface area contributed by atoms with Gasteiger partial charge in [-0.3, -0.25) is 0 Å². The summed E-state index contributed by atoms with van der Waals surface area (Å²) in [6.07, 6.45) is 4.91. The molecular weight excluding hydrogens is 152 g/mol. The Morgan fingerprint density at radius 3 is 2.25 bits per heavy atom. The smallest absolute Gasteiger partial charge is 0.0864 e. The highest BCUT2D eigenvalue weighted by Crippen LogP contribution is 2.42. The molecule has 2 rings (SSSR count). The second-order valence-corrected chi connectivity index (χ2v) is 4.09. The average Bonchev–Trinajstić information content (AvgIpc) is 2.88. The first-order valence-electron chi connectivity index (χ1n) is 5.12. The second kappa shape index (κ2) is 3.35. The molecule has 2 unspecified atom stereocenters. The minimum atomic E-state index is -0.169.